The van der Waals surface area contributed by atoms with Crippen molar-refractivity contribution in [3.63, 3.8) is 0 Å². The van der Waals surface area contributed by atoms with Crippen LogP contribution in [0.25, 0.3) is 10.8 Å². The van der Waals surface area contributed by atoms with Crippen LogP contribution >= 0.6 is 0 Å². The van der Waals surface area contributed by atoms with Crippen molar-refractivity contribution in [2.24, 2.45) is 0 Å². The van der Waals surface area contributed by atoms with Crippen LogP contribution in [0.15, 0.2) is 65.5 Å². The fraction of sp³-hybridized carbons (Fsp3) is 0.250. The number of fused-ring (bicyclic) bond motifs is 1. The summed E-state index contributed by atoms with van der Waals surface area (Å²) in [5.74, 6) is 0. The molecule has 0 aliphatic heterocycles. The monoisotopic (exact) mass is 338 g/mol. The van der Waals surface area contributed by atoms with E-state index in [0.717, 1.165) is 16.5 Å². The summed E-state index contributed by atoms with van der Waals surface area (Å²) in [5.41, 5.74) is 2.05. The van der Waals surface area contributed by atoms with Crippen molar-refractivity contribution in [2.45, 2.75) is 13.1 Å². The lowest BCUT2D eigenvalue weighted by Gasteiger charge is -2.22. The van der Waals surface area contributed by atoms with Gasteiger partial charge in [-0.05, 0) is 22.4 Å². The Hall–Kier alpha value is -2.79. The van der Waals surface area contributed by atoms with Crippen LogP contribution in [0.3, 0.4) is 0 Å². The number of benzene rings is 2. The summed E-state index contributed by atoms with van der Waals surface area (Å²) in [6.45, 7) is 1.97. The van der Waals surface area contributed by atoms with Gasteiger partial charge in [0, 0.05) is 25.8 Å². The molecule has 2 aromatic carbocycles. The molecular formula is C20H22N2O3. The number of carbonyl (C=O) groups excluding carboxylic acids is 1. The number of nitrogens with zero attached hydrogens (tertiary/aromatic N) is 1. The lowest BCUT2D eigenvalue weighted by molar-refractivity contribution is 0.146. The van der Waals surface area contributed by atoms with Gasteiger partial charge in [-0.2, -0.15) is 0 Å². The highest BCUT2D eigenvalue weighted by molar-refractivity contribution is 5.86. The first-order valence-electron chi connectivity index (χ1n) is 8.27. The minimum Gasteiger partial charge on any atom is -0.472 e. The highest BCUT2D eigenvalue weighted by atomic mass is 16.5. The zero-order valence-electron chi connectivity index (χ0n) is 14.3. The first-order valence-corrected chi connectivity index (χ1v) is 8.27. The molecule has 0 atom stereocenters. The Bertz CT molecular complexity index is 809. The maximum atomic E-state index is 12.6. The van der Waals surface area contributed by atoms with E-state index < -0.39 is 0 Å². The number of hydrogen-bond donors (Lipinski definition) is 1. The molecule has 0 unspecified atom stereocenters. The molecule has 1 N–H and O–H groups in total. The molecule has 0 saturated heterocycles. The summed E-state index contributed by atoms with van der Waals surface area (Å²) in [6.07, 6.45) is 3.26. The predicted molar refractivity (Wildman–Crippen MR) is 97.2 cm³/mol. The molecule has 0 spiro atoms. The van der Waals surface area contributed by atoms with Gasteiger partial charge in [0.2, 0.25) is 0 Å². The summed E-state index contributed by atoms with van der Waals surface area (Å²) >= 11 is 0. The second kappa shape index (κ2) is 8.35. The van der Waals surface area contributed by atoms with E-state index in [0.29, 0.717) is 26.2 Å². The Morgan fingerprint density at radius 1 is 1.16 bits per heavy atom. The number of rotatable bonds is 7. The molecule has 1 heterocycles. The number of furan rings is 1. The van der Waals surface area contributed by atoms with Gasteiger partial charge in [-0.15, -0.1) is 0 Å². The van der Waals surface area contributed by atoms with Gasteiger partial charge >= 0.3 is 6.03 Å². The van der Waals surface area contributed by atoms with Crippen molar-refractivity contribution in [1.82, 2.24) is 10.2 Å². The van der Waals surface area contributed by atoms with Gasteiger partial charge in [0.1, 0.15) is 0 Å². The summed E-state index contributed by atoms with van der Waals surface area (Å²) in [7, 11) is 1.63. The number of hydrogen-bond acceptors (Lipinski definition) is 3. The molecule has 25 heavy (non-hydrogen) atoms. The quantitative estimate of drug-likeness (QED) is 0.713. The largest absolute Gasteiger partial charge is 0.472 e. The van der Waals surface area contributed by atoms with E-state index >= 15 is 0 Å². The van der Waals surface area contributed by atoms with Crippen molar-refractivity contribution >= 4 is 16.8 Å². The maximum Gasteiger partial charge on any atom is 0.318 e. The Morgan fingerprint density at radius 2 is 2.00 bits per heavy atom. The lowest BCUT2D eigenvalue weighted by atomic mass is 10.0. The molecule has 3 aromatic rings. The van der Waals surface area contributed by atoms with Crippen molar-refractivity contribution in [2.75, 3.05) is 20.3 Å². The smallest absolute Gasteiger partial charge is 0.318 e. The molecule has 0 aliphatic carbocycles. The van der Waals surface area contributed by atoms with Crippen LogP contribution in [0.5, 0.6) is 0 Å². The van der Waals surface area contributed by atoms with Crippen molar-refractivity contribution in [3.8, 4) is 0 Å². The molecule has 0 bridgehead atoms. The van der Waals surface area contributed by atoms with Gasteiger partial charge in [-0.1, -0.05) is 42.5 Å². The number of carbonyl (C=O) groups is 1. The van der Waals surface area contributed by atoms with Gasteiger partial charge in [0.25, 0.3) is 0 Å². The Labute approximate surface area is 147 Å². The maximum absolute atomic E-state index is 12.6. The van der Waals surface area contributed by atoms with Crippen LogP contribution in [0, 0.1) is 0 Å². The molecule has 5 heteroatoms. The van der Waals surface area contributed by atoms with E-state index in [1.54, 1.807) is 24.5 Å². The van der Waals surface area contributed by atoms with Crippen LogP contribution in [0.1, 0.15) is 11.1 Å². The van der Waals surface area contributed by atoms with Crippen LogP contribution in [0.2, 0.25) is 0 Å². The Kier molecular flexibility index (Phi) is 5.69. The Morgan fingerprint density at radius 3 is 2.80 bits per heavy atom. The number of methoxy groups -OCH3 is 1. The topological polar surface area (TPSA) is 54.7 Å². The molecule has 1 aromatic heterocycles. The molecule has 0 fully saturated rings. The van der Waals surface area contributed by atoms with Gasteiger partial charge in [-0.3, -0.25) is 0 Å². The average molecular weight is 338 g/mol. The van der Waals surface area contributed by atoms with Crippen molar-refractivity contribution in [3.05, 3.63) is 72.2 Å². The summed E-state index contributed by atoms with van der Waals surface area (Å²) in [4.78, 5) is 14.3. The third-order valence-electron chi connectivity index (χ3n) is 4.12. The number of urea groups is 1. The molecule has 3 rings (SSSR count). The van der Waals surface area contributed by atoms with Gasteiger partial charge < -0.3 is 19.4 Å². The molecule has 0 aliphatic rings. The highest BCUT2D eigenvalue weighted by Crippen LogP contribution is 2.18. The summed E-state index contributed by atoms with van der Waals surface area (Å²) in [6, 6.07) is 16.0. The summed E-state index contributed by atoms with van der Waals surface area (Å²) in [5, 5.41) is 5.34. The fourth-order valence-electron chi connectivity index (χ4n) is 2.79. The van der Waals surface area contributed by atoms with Gasteiger partial charge in [-0.25, -0.2) is 4.79 Å². The predicted octanol–water partition coefficient (Wildman–Crippen LogP) is 3.79. The minimum atomic E-state index is -0.119. The van der Waals surface area contributed by atoms with Gasteiger partial charge in [0.15, 0.2) is 0 Å². The van der Waals surface area contributed by atoms with E-state index in [1.165, 1.54) is 5.39 Å². The lowest BCUT2D eigenvalue weighted by Crippen LogP contribution is -2.40. The second-order valence-electron chi connectivity index (χ2n) is 5.84. The number of amides is 2. The minimum absolute atomic E-state index is 0.119. The fourth-order valence-corrected chi connectivity index (χ4v) is 2.79. The average Bonchev–Trinajstić information content (AvgIpc) is 3.16. The van der Waals surface area contributed by atoms with Crippen molar-refractivity contribution < 1.29 is 13.9 Å². The van der Waals surface area contributed by atoms with E-state index in [1.807, 2.05) is 30.3 Å². The molecule has 130 valence electrons. The number of nitrogens with one attached hydrogen (secondary N) is 1. The normalized spacial score (nSPS) is 10.8. The van der Waals surface area contributed by atoms with Crippen LogP contribution in [0.4, 0.5) is 4.79 Å². The first kappa shape index (κ1) is 17.0. The summed E-state index contributed by atoms with van der Waals surface area (Å²) < 4.78 is 10.2. The van der Waals surface area contributed by atoms with Crippen LogP contribution < -0.4 is 5.32 Å². The van der Waals surface area contributed by atoms with Gasteiger partial charge in [0.05, 0.1) is 25.7 Å². The molecule has 5 nitrogen and oxygen atoms in total. The Balaban J connectivity index is 1.67. The highest BCUT2D eigenvalue weighted by Gasteiger charge is 2.14. The van der Waals surface area contributed by atoms with E-state index in [2.05, 4.69) is 23.5 Å². The zero-order chi connectivity index (χ0) is 17.5. The SMILES string of the molecule is COCCN(Cc1ccoc1)C(=O)NCc1cccc2ccccc12. The molecule has 0 radical (unpaired) electrons. The molecule has 2 amide bonds. The second-order valence-corrected chi connectivity index (χ2v) is 5.84. The molecular weight excluding hydrogens is 316 g/mol. The van der Waals surface area contributed by atoms with E-state index in [-0.39, 0.29) is 6.03 Å². The van der Waals surface area contributed by atoms with E-state index in [4.69, 9.17) is 9.15 Å². The number of ether oxygens (including phenoxy) is 1. The first-order chi connectivity index (χ1) is 12.3. The van der Waals surface area contributed by atoms with Crippen LogP contribution in [-0.2, 0) is 17.8 Å². The molecule has 0 saturated carbocycles. The third-order valence-corrected chi connectivity index (χ3v) is 4.12. The zero-order valence-corrected chi connectivity index (χ0v) is 14.3. The van der Waals surface area contributed by atoms with E-state index in [9.17, 15) is 4.79 Å². The standard InChI is InChI=1S/C20H22N2O3/c1-24-12-10-22(14-16-9-11-25-15-16)20(23)21-13-18-7-4-6-17-5-2-3-8-19(17)18/h2-9,11,15H,10,12-14H2,1H3,(H,21,23). The third kappa shape index (κ3) is 4.39. The van der Waals surface area contributed by atoms with Crippen LogP contribution in [-0.4, -0.2) is 31.2 Å². The van der Waals surface area contributed by atoms with Crippen molar-refractivity contribution in [1.29, 1.82) is 0 Å².